The fourth-order valence-corrected chi connectivity index (χ4v) is 4.10. The molecule has 0 bridgehead atoms. The van der Waals surface area contributed by atoms with Crippen LogP contribution in [0.3, 0.4) is 0 Å². The third-order valence-electron chi connectivity index (χ3n) is 2.77. The molecule has 2 aromatic rings. The topological polar surface area (TPSA) is 94.3 Å². The fraction of sp³-hybridized carbons (Fsp3) is 0.308. The second kappa shape index (κ2) is 6.99. The van der Waals surface area contributed by atoms with Crippen molar-refractivity contribution < 1.29 is 13.2 Å². The predicted octanol–water partition coefficient (Wildman–Crippen LogP) is 1.13. The first-order valence-electron chi connectivity index (χ1n) is 6.32. The molecule has 0 radical (unpaired) electrons. The lowest BCUT2D eigenvalue weighted by Crippen LogP contribution is -2.22. The molecule has 0 atom stereocenters. The van der Waals surface area contributed by atoms with Gasteiger partial charge in [-0.3, -0.25) is 0 Å². The first kappa shape index (κ1) is 15.9. The zero-order valence-electron chi connectivity index (χ0n) is 11.6. The Morgan fingerprint density at radius 2 is 2.14 bits per heavy atom. The van der Waals surface area contributed by atoms with Crippen molar-refractivity contribution in [3.63, 3.8) is 0 Å². The Morgan fingerprint density at radius 3 is 2.76 bits per heavy atom. The van der Waals surface area contributed by atoms with Gasteiger partial charge in [-0.2, -0.15) is 0 Å². The van der Waals surface area contributed by atoms with Gasteiger partial charge >= 0.3 is 0 Å². The normalized spacial score (nSPS) is 11.5. The Morgan fingerprint density at radius 1 is 1.33 bits per heavy atom. The van der Waals surface area contributed by atoms with Gasteiger partial charge < -0.3 is 10.5 Å². The molecular weight excluding hydrogens is 310 g/mol. The Hall–Kier alpha value is -1.48. The van der Waals surface area contributed by atoms with Gasteiger partial charge in [0.15, 0.2) is 0 Å². The van der Waals surface area contributed by atoms with Crippen molar-refractivity contribution in [1.82, 2.24) is 9.71 Å². The van der Waals surface area contributed by atoms with E-state index in [1.807, 2.05) is 0 Å². The summed E-state index contributed by atoms with van der Waals surface area (Å²) in [6.45, 7) is 0.689. The minimum atomic E-state index is -3.50. The lowest BCUT2D eigenvalue weighted by Gasteiger charge is -2.05. The maximum absolute atomic E-state index is 12.2. The number of hydrogen-bond donors (Lipinski definition) is 2. The number of hydrogen-bond acceptors (Lipinski definition) is 6. The molecule has 21 heavy (non-hydrogen) atoms. The van der Waals surface area contributed by atoms with Gasteiger partial charge in [0.2, 0.25) is 15.9 Å². The zero-order valence-corrected chi connectivity index (χ0v) is 13.2. The molecule has 114 valence electrons. The monoisotopic (exact) mass is 327 g/mol. The SMILES string of the molecule is COc1ccc(CNS(=O)(=O)c2ccc(CCN)s2)cn1. The quantitative estimate of drug-likeness (QED) is 0.795. The van der Waals surface area contributed by atoms with Crippen molar-refractivity contribution in [2.45, 2.75) is 17.2 Å². The lowest BCUT2D eigenvalue weighted by molar-refractivity contribution is 0.397. The number of ether oxygens (including phenoxy) is 1. The summed E-state index contributed by atoms with van der Waals surface area (Å²) >= 11 is 1.24. The van der Waals surface area contributed by atoms with Crippen LogP contribution in [0.5, 0.6) is 5.88 Å². The van der Waals surface area contributed by atoms with Crippen LogP contribution in [0.2, 0.25) is 0 Å². The summed E-state index contributed by atoms with van der Waals surface area (Å²) in [7, 11) is -1.97. The second-order valence-corrected chi connectivity index (χ2v) is 7.45. The van der Waals surface area contributed by atoms with Crippen molar-refractivity contribution >= 4 is 21.4 Å². The van der Waals surface area contributed by atoms with Gasteiger partial charge in [0, 0.05) is 23.7 Å². The van der Waals surface area contributed by atoms with E-state index < -0.39 is 10.0 Å². The highest BCUT2D eigenvalue weighted by Crippen LogP contribution is 2.21. The number of methoxy groups -OCH3 is 1. The Labute approximate surface area is 128 Å². The van der Waals surface area contributed by atoms with Gasteiger partial charge in [-0.1, -0.05) is 6.07 Å². The third-order valence-corrected chi connectivity index (χ3v) is 5.80. The minimum absolute atomic E-state index is 0.184. The molecule has 0 aromatic carbocycles. The van der Waals surface area contributed by atoms with Crippen LogP contribution in [-0.2, 0) is 23.0 Å². The molecule has 0 saturated heterocycles. The molecule has 0 amide bonds. The number of thiophene rings is 1. The fourth-order valence-electron chi connectivity index (χ4n) is 1.67. The molecule has 8 heteroatoms. The van der Waals surface area contributed by atoms with E-state index in [1.165, 1.54) is 18.4 Å². The third kappa shape index (κ3) is 4.24. The first-order valence-corrected chi connectivity index (χ1v) is 8.62. The molecule has 2 aromatic heterocycles. The van der Waals surface area contributed by atoms with Gasteiger partial charge in [-0.05, 0) is 30.7 Å². The van der Waals surface area contributed by atoms with Crippen LogP contribution in [0.1, 0.15) is 10.4 Å². The summed E-state index contributed by atoms with van der Waals surface area (Å²) in [6, 6.07) is 6.85. The Bertz CT molecular complexity index is 681. The highest BCUT2D eigenvalue weighted by atomic mass is 32.2. The molecule has 0 aliphatic heterocycles. The molecule has 0 spiro atoms. The van der Waals surface area contributed by atoms with Gasteiger partial charge in [-0.25, -0.2) is 18.1 Å². The summed E-state index contributed by atoms with van der Waals surface area (Å²) in [5.41, 5.74) is 6.22. The largest absolute Gasteiger partial charge is 0.481 e. The number of rotatable bonds is 7. The average Bonchev–Trinajstić information content (AvgIpc) is 2.96. The number of nitrogens with one attached hydrogen (secondary N) is 1. The van der Waals surface area contributed by atoms with Crippen LogP contribution in [0.25, 0.3) is 0 Å². The van der Waals surface area contributed by atoms with Gasteiger partial charge in [-0.15, -0.1) is 11.3 Å². The highest BCUT2D eigenvalue weighted by Gasteiger charge is 2.16. The first-order chi connectivity index (χ1) is 10.0. The van der Waals surface area contributed by atoms with E-state index in [0.717, 1.165) is 10.4 Å². The number of nitrogens with two attached hydrogens (primary N) is 1. The summed E-state index contributed by atoms with van der Waals surface area (Å²) < 4.78 is 32.1. The molecule has 0 saturated carbocycles. The molecule has 0 aliphatic rings. The van der Waals surface area contributed by atoms with Crippen LogP contribution >= 0.6 is 11.3 Å². The number of nitrogens with zero attached hydrogens (tertiary/aromatic N) is 1. The second-order valence-electron chi connectivity index (χ2n) is 4.29. The van der Waals surface area contributed by atoms with Crippen LogP contribution in [-0.4, -0.2) is 27.1 Å². The highest BCUT2D eigenvalue weighted by molar-refractivity contribution is 7.91. The predicted molar refractivity (Wildman–Crippen MR) is 81.9 cm³/mol. The summed E-state index contributed by atoms with van der Waals surface area (Å²) in [6.07, 6.45) is 2.26. The van der Waals surface area contributed by atoms with E-state index in [9.17, 15) is 8.42 Å². The average molecular weight is 327 g/mol. The Kier molecular flexibility index (Phi) is 5.29. The van der Waals surface area contributed by atoms with E-state index in [2.05, 4.69) is 9.71 Å². The smallest absolute Gasteiger partial charge is 0.250 e. The van der Waals surface area contributed by atoms with Crippen molar-refractivity contribution in [2.75, 3.05) is 13.7 Å². The number of sulfonamides is 1. The van der Waals surface area contributed by atoms with Gasteiger partial charge in [0.05, 0.1) is 7.11 Å². The molecular formula is C13H17N3O3S2. The summed E-state index contributed by atoms with van der Waals surface area (Å²) in [4.78, 5) is 4.99. The van der Waals surface area contributed by atoms with Gasteiger partial charge in [0.1, 0.15) is 4.21 Å². The summed E-state index contributed by atoms with van der Waals surface area (Å²) in [5, 5.41) is 0. The van der Waals surface area contributed by atoms with Crippen LogP contribution in [0.4, 0.5) is 0 Å². The van der Waals surface area contributed by atoms with Crippen molar-refractivity contribution in [1.29, 1.82) is 0 Å². The molecule has 0 aliphatic carbocycles. The number of pyridine rings is 1. The molecule has 0 fully saturated rings. The zero-order chi connectivity index (χ0) is 15.3. The van der Waals surface area contributed by atoms with E-state index in [1.54, 1.807) is 30.5 Å². The van der Waals surface area contributed by atoms with E-state index in [0.29, 0.717) is 23.1 Å². The van der Waals surface area contributed by atoms with Crippen molar-refractivity contribution in [2.24, 2.45) is 5.73 Å². The lowest BCUT2D eigenvalue weighted by atomic mass is 10.3. The minimum Gasteiger partial charge on any atom is -0.481 e. The standard InChI is InChI=1S/C13H17N3O3S2/c1-19-12-4-2-10(8-15-12)9-16-21(17,18)13-5-3-11(20-13)6-7-14/h2-5,8,16H,6-7,9,14H2,1H3. The Balaban J connectivity index is 2.02. The molecule has 0 unspecified atom stereocenters. The maximum atomic E-state index is 12.2. The maximum Gasteiger partial charge on any atom is 0.250 e. The summed E-state index contributed by atoms with van der Waals surface area (Å²) in [5.74, 6) is 0.492. The van der Waals surface area contributed by atoms with E-state index in [4.69, 9.17) is 10.5 Å². The molecule has 2 heterocycles. The van der Waals surface area contributed by atoms with E-state index >= 15 is 0 Å². The van der Waals surface area contributed by atoms with Crippen molar-refractivity contribution in [3.8, 4) is 5.88 Å². The number of aromatic nitrogens is 1. The van der Waals surface area contributed by atoms with Crippen molar-refractivity contribution in [3.05, 3.63) is 40.9 Å². The van der Waals surface area contributed by atoms with E-state index in [-0.39, 0.29) is 6.54 Å². The molecule has 6 nitrogen and oxygen atoms in total. The molecule has 3 N–H and O–H groups in total. The van der Waals surface area contributed by atoms with Crippen LogP contribution < -0.4 is 15.2 Å². The molecule has 2 rings (SSSR count). The van der Waals surface area contributed by atoms with Gasteiger partial charge in [0.25, 0.3) is 0 Å². The van der Waals surface area contributed by atoms with Crippen LogP contribution in [0.15, 0.2) is 34.7 Å². The van der Waals surface area contributed by atoms with Crippen LogP contribution in [0, 0.1) is 0 Å².